The number of benzene rings is 1. The largest absolute Gasteiger partial charge is 0.462 e. The van der Waals surface area contributed by atoms with Crippen LogP contribution in [-0.2, 0) is 17.8 Å². The van der Waals surface area contributed by atoms with Crippen LogP contribution in [0.1, 0.15) is 30.5 Å². The van der Waals surface area contributed by atoms with Gasteiger partial charge in [-0.25, -0.2) is 0 Å². The van der Waals surface area contributed by atoms with Crippen LogP contribution < -0.4 is 14.5 Å². The number of fused-ring (bicyclic) bond motifs is 2. The van der Waals surface area contributed by atoms with E-state index in [4.69, 9.17) is 14.7 Å². The van der Waals surface area contributed by atoms with E-state index in [0.29, 0.717) is 44.8 Å². The van der Waals surface area contributed by atoms with Gasteiger partial charge in [-0.15, -0.1) is 0 Å². The van der Waals surface area contributed by atoms with Crippen molar-refractivity contribution >= 4 is 41.8 Å². The van der Waals surface area contributed by atoms with Gasteiger partial charge in [-0.3, -0.25) is 9.78 Å². The number of carbonyl (C=O) groups is 1. The van der Waals surface area contributed by atoms with E-state index >= 15 is 0 Å². The molecule has 2 atom stereocenters. The van der Waals surface area contributed by atoms with Gasteiger partial charge in [0, 0.05) is 55.1 Å². The normalized spacial score (nSPS) is 20.5. The van der Waals surface area contributed by atoms with Crippen LogP contribution in [0.15, 0.2) is 49.2 Å². The molecule has 3 aliphatic heterocycles. The van der Waals surface area contributed by atoms with E-state index < -0.39 is 0 Å². The minimum atomic E-state index is -0.232. The number of likely N-dealkylation sites (N-methyl/N-ethyl adjacent to an activating group) is 1. The lowest BCUT2D eigenvalue weighted by Gasteiger charge is -2.42. The maximum atomic E-state index is 12.5. The summed E-state index contributed by atoms with van der Waals surface area (Å²) in [6.07, 6.45) is 6.46. The van der Waals surface area contributed by atoms with Crippen LogP contribution in [0.3, 0.4) is 0 Å². The highest BCUT2D eigenvalue weighted by atomic mass is 32.1. The molecule has 2 aromatic heterocycles. The number of nitriles is 1. The third-order valence-electron chi connectivity index (χ3n) is 8.63. The Hall–Kier alpha value is -3.88. The van der Waals surface area contributed by atoms with E-state index in [0.717, 1.165) is 59.6 Å². The highest BCUT2D eigenvalue weighted by Crippen LogP contribution is 2.34. The second kappa shape index (κ2) is 13.0. The maximum Gasteiger partial charge on any atom is 0.318 e. The molecule has 0 saturated carbocycles. The summed E-state index contributed by atoms with van der Waals surface area (Å²) in [6.45, 7) is 8.38. The Morgan fingerprint density at radius 3 is 2.81 bits per heavy atom. The summed E-state index contributed by atoms with van der Waals surface area (Å²) in [5.74, 6) is 0.720. The average molecular weight is 587 g/mol. The number of nitrogens with zero attached hydrogens (tertiary/aromatic N) is 8. The van der Waals surface area contributed by atoms with Crippen molar-refractivity contribution in [3.8, 4) is 12.1 Å². The van der Waals surface area contributed by atoms with Crippen LogP contribution in [-0.4, -0.2) is 89.1 Å². The summed E-state index contributed by atoms with van der Waals surface area (Å²) in [4.78, 5) is 35.6. The Kier molecular flexibility index (Phi) is 9.14. The lowest BCUT2D eigenvalue weighted by atomic mass is 10.0. The molecule has 220 valence electrons. The van der Waals surface area contributed by atoms with Crippen LogP contribution in [0.5, 0.6) is 6.01 Å². The van der Waals surface area contributed by atoms with E-state index in [-0.39, 0.29) is 31.9 Å². The predicted octanol–water partition coefficient (Wildman–Crippen LogP) is 3.29. The van der Waals surface area contributed by atoms with Crippen LogP contribution >= 0.6 is 13.5 Å². The summed E-state index contributed by atoms with van der Waals surface area (Å²) in [5.41, 5.74) is 4.18. The molecule has 11 heteroatoms. The van der Waals surface area contributed by atoms with Crippen molar-refractivity contribution in [1.82, 2.24) is 24.8 Å². The highest BCUT2D eigenvalue weighted by Gasteiger charge is 2.33. The zero-order chi connectivity index (χ0) is 28.3. The molecule has 0 aliphatic carbocycles. The number of ether oxygens (including phenoxy) is 1. The van der Waals surface area contributed by atoms with Crippen molar-refractivity contribution in [2.45, 2.75) is 44.3 Å². The number of aromatic nitrogens is 3. The monoisotopic (exact) mass is 586 g/mol. The summed E-state index contributed by atoms with van der Waals surface area (Å²) in [5, 5.41) is 10.6. The first-order valence-corrected chi connectivity index (χ1v) is 14.4. The van der Waals surface area contributed by atoms with Gasteiger partial charge < -0.3 is 24.3 Å². The fourth-order valence-electron chi connectivity index (χ4n) is 6.38. The molecule has 6 rings (SSSR count). The first kappa shape index (κ1) is 29.6. The Balaban J connectivity index is 0.00000353. The van der Waals surface area contributed by atoms with Gasteiger partial charge in [0.25, 0.3) is 0 Å². The molecule has 2 saturated heterocycles. The number of anilines is 2. The molecule has 0 bridgehead atoms. The Morgan fingerprint density at radius 1 is 1.14 bits per heavy atom. The molecule has 3 aliphatic rings. The third-order valence-corrected chi connectivity index (χ3v) is 8.63. The predicted molar refractivity (Wildman–Crippen MR) is 168 cm³/mol. The van der Waals surface area contributed by atoms with Gasteiger partial charge in [0.15, 0.2) is 0 Å². The fourth-order valence-corrected chi connectivity index (χ4v) is 6.38. The molecule has 10 nitrogen and oxygen atoms in total. The van der Waals surface area contributed by atoms with Gasteiger partial charge in [-0.2, -0.15) is 28.7 Å². The number of piperazine rings is 1. The Bertz CT molecular complexity index is 1490. The topological polar surface area (TPSA) is 102 Å². The zero-order valence-corrected chi connectivity index (χ0v) is 25.1. The van der Waals surface area contributed by atoms with Crippen molar-refractivity contribution < 1.29 is 9.53 Å². The minimum absolute atomic E-state index is 0. The molecule has 42 heavy (non-hydrogen) atoms. The Morgan fingerprint density at radius 2 is 2.02 bits per heavy atom. The summed E-state index contributed by atoms with van der Waals surface area (Å²) >= 11 is 0. The van der Waals surface area contributed by atoms with Crippen molar-refractivity contribution in [2.75, 3.05) is 56.2 Å². The Labute approximate surface area is 254 Å². The van der Waals surface area contributed by atoms with Gasteiger partial charge in [0.1, 0.15) is 12.4 Å². The molecule has 0 N–H and O–H groups in total. The summed E-state index contributed by atoms with van der Waals surface area (Å²) < 4.78 is 6.27. The molecule has 0 spiro atoms. The summed E-state index contributed by atoms with van der Waals surface area (Å²) in [7, 11) is 2.14. The number of hydrogen-bond acceptors (Lipinski definition) is 9. The molecular weight excluding hydrogens is 548 g/mol. The molecular formula is C31H38N8O2S. The quantitative estimate of drug-likeness (QED) is 0.386. The smallest absolute Gasteiger partial charge is 0.318 e. The van der Waals surface area contributed by atoms with Crippen LogP contribution in [0.2, 0.25) is 0 Å². The average Bonchev–Trinajstić information content (AvgIpc) is 3.43. The number of carbonyl (C=O) groups excluding carboxylic acids is 1. The number of rotatable bonds is 7. The second-order valence-electron chi connectivity index (χ2n) is 11.1. The number of amides is 1. The summed E-state index contributed by atoms with van der Waals surface area (Å²) in [6, 6.07) is 13.1. The second-order valence-corrected chi connectivity index (χ2v) is 11.1. The lowest BCUT2D eigenvalue weighted by Crippen LogP contribution is -2.55. The maximum absolute atomic E-state index is 12.5. The molecule has 1 unspecified atom stereocenters. The standard InChI is InChI=1S/C31H36N8O2.H2S/c1-3-29(40)39-18-17-38(19-22(39)11-13-32)30-25-12-16-37(28-10-4-9-26-24(28)8-5-14-33-26)20-27(25)34-31(35-30)41-21-23-7-6-15-36(23)2;/h3-5,8-10,14,22-23H,1,6-7,11-12,15-21H2,2H3;1H2/t22?,23-;/m0./s1. The molecule has 0 radical (unpaired) electrons. The van der Waals surface area contributed by atoms with Crippen LogP contribution in [0, 0.1) is 11.3 Å². The zero-order valence-electron chi connectivity index (χ0n) is 24.1. The van der Waals surface area contributed by atoms with Gasteiger partial charge in [-0.1, -0.05) is 12.6 Å². The third kappa shape index (κ3) is 5.87. The van der Waals surface area contributed by atoms with Gasteiger partial charge >= 0.3 is 6.01 Å². The molecule has 3 aromatic rings. The lowest BCUT2D eigenvalue weighted by molar-refractivity contribution is -0.128. The van der Waals surface area contributed by atoms with Gasteiger partial charge in [0.2, 0.25) is 5.91 Å². The number of pyridine rings is 1. The van der Waals surface area contributed by atoms with Gasteiger partial charge in [-0.05, 0) is 63.2 Å². The molecule has 1 aromatic carbocycles. The first-order chi connectivity index (χ1) is 20.1. The van der Waals surface area contributed by atoms with Gasteiger partial charge in [0.05, 0.1) is 36.3 Å². The SMILES string of the molecule is C=CC(=O)N1CCN(c2nc(OC[C@@H]3CCCN3C)nc3c2CCN(c2cccc4ncccc24)C3)CC1CC#N.S. The van der Waals surface area contributed by atoms with Crippen molar-refractivity contribution in [2.24, 2.45) is 0 Å². The van der Waals surface area contributed by atoms with Crippen LogP contribution in [0.25, 0.3) is 10.9 Å². The first-order valence-electron chi connectivity index (χ1n) is 14.4. The van der Waals surface area contributed by atoms with E-state index in [9.17, 15) is 10.1 Å². The van der Waals surface area contributed by atoms with Crippen molar-refractivity contribution in [1.29, 1.82) is 5.26 Å². The van der Waals surface area contributed by atoms with Crippen molar-refractivity contribution in [3.63, 3.8) is 0 Å². The van der Waals surface area contributed by atoms with E-state index in [1.165, 1.54) is 12.5 Å². The van der Waals surface area contributed by atoms with Crippen molar-refractivity contribution in [3.05, 3.63) is 60.4 Å². The number of hydrogen-bond donors (Lipinski definition) is 0. The number of likely N-dealkylation sites (tertiary alicyclic amines) is 1. The van der Waals surface area contributed by atoms with E-state index in [1.807, 2.05) is 18.3 Å². The molecule has 1 amide bonds. The van der Waals surface area contributed by atoms with Crippen LogP contribution in [0.4, 0.5) is 11.5 Å². The molecule has 5 heterocycles. The minimum Gasteiger partial charge on any atom is -0.462 e. The fraction of sp³-hybridized carbons (Fsp3) is 0.452. The van der Waals surface area contributed by atoms with E-state index in [1.54, 1.807) is 4.90 Å². The molecule has 2 fully saturated rings. The van der Waals surface area contributed by atoms with E-state index in [2.05, 4.69) is 57.6 Å². The highest BCUT2D eigenvalue weighted by molar-refractivity contribution is 7.59.